The normalized spacial score (nSPS) is 12.3. The number of aromatic hydroxyl groups is 1. The molecule has 0 saturated carbocycles. The predicted octanol–water partition coefficient (Wildman–Crippen LogP) is 8.01. The van der Waals surface area contributed by atoms with Crippen LogP contribution in [0, 0.1) is 0 Å². The molecule has 0 heterocycles. The van der Waals surface area contributed by atoms with Gasteiger partial charge >= 0.3 is 0 Å². The number of hydrogen-bond acceptors (Lipinski definition) is 12. The number of azo groups is 2. The molecule has 0 unspecified atom stereocenters. The number of benzene rings is 6. The van der Waals surface area contributed by atoms with Gasteiger partial charge in [-0.1, -0.05) is 18.2 Å². The summed E-state index contributed by atoms with van der Waals surface area (Å²) in [7, 11) is -9.43. The number of nitrogens with zero attached hydrogens (tertiary/aromatic N) is 4. The van der Waals surface area contributed by atoms with Crippen LogP contribution in [-0.4, -0.2) is 31.0 Å². The number of phenols is 1. The highest BCUT2D eigenvalue weighted by molar-refractivity contribution is 7.86. The number of phenolic OH excluding ortho intramolecular Hbond substituents is 1. The molecule has 14 nitrogen and oxygen atoms in total. The first-order valence-electron chi connectivity index (χ1n) is 13.8. The molecule has 0 atom stereocenters. The average Bonchev–Trinajstić information content (AvgIpc) is 3.05. The topological polar surface area (TPSA) is 226 Å². The van der Waals surface area contributed by atoms with Crippen LogP contribution in [0.2, 0.25) is 0 Å². The SMILES string of the molecule is Nc1ccc(ONc2ccc3c(O)c(N=Nc4ccc(N=Nc5cc6c(S(=O)(=O)O)cccc6cc5S(=O)(=O)O)cc4)ccc3c2)cc1. The third-order valence-corrected chi connectivity index (χ3v) is 8.80. The lowest BCUT2D eigenvalue weighted by molar-refractivity contribution is 0.405. The summed E-state index contributed by atoms with van der Waals surface area (Å²) in [4.78, 5) is 4.49. The molecule has 0 aromatic heterocycles. The number of hydrogen-bond donors (Lipinski definition) is 5. The zero-order chi connectivity index (χ0) is 34.1. The molecule has 242 valence electrons. The molecule has 0 aliphatic rings. The van der Waals surface area contributed by atoms with E-state index in [1.807, 2.05) is 0 Å². The quantitative estimate of drug-likeness (QED) is 0.0426. The van der Waals surface area contributed by atoms with Crippen LogP contribution in [0.15, 0.2) is 139 Å². The fourth-order valence-corrected chi connectivity index (χ4v) is 6.03. The standard InChI is InChI=1S/C32H24N6O8S2/c33-21-5-12-25(13-6-21)46-38-24-11-14-26-20(16-24)4-15-28(32(26)39)36-34-22-7-9-23(10-8-22)35-37-29-18-27-19(17-31(29)48(43,44)45)2-1-3-30(27)47(40,41)42/h1-18,38-39H,33H2,(H,40,41,42)(H,43,44,45). The van der Waals surface area contributed by atoms with E-state index in [1.165, 1.54) is 24.3 Å². The second-order valence-electron chi connectivity index (χ2n) is 10.3. The van der Waals surface area contributed by atoms with Gasteiger partial charge in [-0.15, -0.1) is 10.2 Å². The first kappa shape index (κ1) is 32.0. The van der Waals surface area contributed by atoms with Gasteiger partial charge in [-0.2, -0.15) is 27.1 Å². The van der Waals surface area contributed by atoms with E-state index in [4.69, 9.17) is 10.6 Å². The van der Waals surface area contributed by atoms with Crippen LogP contribution in [0.5, 0.6) is 11.5 Å². The van der Waals surface area contributed by atoms with Crippen molar-refractivity contribution in [2.24, 2.45) is 20.5 Å². The molecule has 6 aromatic carbocycles. The Morgan fingerprint density at radius 3 is 1.88 bits per heavy atom. The second kappa shape index (κ2) is 12.7. The van der Waals surface area contributed by atoms with Gasteiger partial charge in [0, 0.05) is 16.5 Å². The third kappa shape index (κ3) is 7.06. The third-order valence-electron chi connectivity index (χ3n) is 7.01. The van der Waals surface area contributed by atoms with Crippen LogP contribution >= 0.6 is 0 Å². The van der Waals surface area contributed by atoms with Crippen molar-refractivity contribution in [3.8, 4) is 11.5 Å². The Bertz CT molecular complexity index is 2470. The van der Waals surface area contributed by atoms with Gasteiger partial charge in [0.25, 0.3) is 20.2 Å². The highest BCUT2D eigenvalue weighted by Gasteiger charge is 2.21. The number of nitrogens with one attached hydrogen (secondary N) is 1. The van der Waals surface area contributed by atoms with Crippen molar-refractivity contribution >= 4 is 75.9 Å². The van der Waals surface area contributed by atoms with Crippen LogP contribution in [0.3, 0.4) is 0 Å². The van der Waals surface area contributed by atoms with Crippen LogP contribution in [0.4, 0.5) is 34.1 Å². The van der Waals surface area contributed by atoms with E-state index >= 15 is 0 Å². The molecule has 0 amide bonds. The molecule has 0 bridgehead atoms. The van der Waals surface area contributed by atoms with Gasteiger partial charge in [-0.05, 0) is 102 Å². The molecule has 6 aromatic rings. The van der Waals surface area contributed by atoms with Crippen LogP contribution in [-0.2, 0) is 20.2 Å². The molecule has 0 spiro atoms. The molecule has 0 aliphatic carbocycles. The predicted molar refractivity (Wildman–Crippen MR) is 179 cm³/mol. The molecular formula is C32H24N6O8S2. The second-order valence-corrected chi connectivity index (χ2v) is 13.1. The number of nitrogens with two attached hydrogens (primary N) is 1. The number of nitrogen functional groups attached to an aromatic ring is 1. The number of fused-ring (bicyclic) bond motifs is 2. The van der Waals surface area contributed by atoms with E-state index < -0.39 is 30.0 Å². The molecule has 0 aliphatic heterocycles. The Kier molecular flexibility index (Phi) is 8.46. The summed E-state index contributed by atoms with van der Waals surface area (Å²) in [5.74, 6) is 0.502. The van der Waals surface area contributed by atoms with Crippen molar-refractivity contribution in [2.45, 2.75) is 9.79 Å². The molecule has 0 fully saturated rings. The zero-order valence-electron chi connectivity index (χ0n) is 24.5. The summed E-state index contributed by atoms with van der Waals surface area (Å²) < 4.78 is 67.2. The van der Waals surface area contributed by atoms with E-state index in [0.717, 1.165) is 23.6 Å². The highest BCUT2D eigenvalue weighted by atomic mass is 32.2. The minimum Gasteiger partial charge on any atom is -0.505 e. The van der Waals surface area contributed by atoms with Gasteiger partial charge in [0.05, 0.1) is 17.1 Å². The molecule has 48 heavy (non-hydrogen) atoms. The van der Waals surface area contributed by atoms with Crippen molar-refractivity contribution < 1.29 is 35.9 Å². The lowest BCUT2D eigenvalue weighted by atomic mass is 10.1. The molecule has 16 heteroatoms. The highest BCUT2D eigenvalue weighted by Crippen LogP contribution is 2.37. The van der Waals surface area contributed by atoms with Gasteiger partial charge in [0.1, 0.15) is 21.2 Å². The fourth-order valence-electron chi connectivity index (χ4n) is 4.68. The summed E-state index contributed by atoms with van der Waals surface area (Å²) >= 11 is 0. The Balaban J connectivity index is 1.19. The van der Waals surface area contributed by atoms with Crippen molar-refractivity contribution in [3.05, 3.63) is 109 Å². The Labute approximate surface area is 273 Å². The van der Waals surface area contributed by atoms with Crippen molar-refractivity contribution in [1.82, 2.24) is 0 Å². The minimum absolute atomic E-state index is 0.0189. The maximum atomic E-state index is 12.1. The Morgan fingerprint density at radius 1 is 0.604 bits per heavy atom. The van der Waals surface area contributed by atoms with Crippen molar-refractivity contribution in [2.75, 3.05) is 11.2 Å². The summed E-state index contributed by atoms with van der Waals surface area (Å²) in [6.45, 7) is 0. The van der Waals surface area contributed by atoms with Gasteiger partial charge in [0.2, 0.25) is 0 Å². The van der Waals surface area contributed by atoms with Gasteiger partial charge in [-0.3, -0.25) is 9.11 Å². The first-order chi connectivity index (χ1) is 22.8. The summed E-state index contributed by atoms with van der Waals surface area (Å²) in [6.07, 6.45) is 0. The fraction of sp³-hybridized carbons (Fsp3) is 0. The lowest BCUT2D eigenvalue weighted by Gasteiger charge is -2.10. The van der Waals surface area contributed by atoms with Crippen LogP contribution < -0.4 is 16.1 Å². The maximum Gasteiger partial charge on any atom is 0.296 e. The lowest BCUT2D eigenvalue weighted by Crippen LogP contribution is -2.04. The summed E-state index contributed by atoms with van der Waals surface area (Å²) in [6, 6.07) is 27.6. The van der Waals surface area contributed by atoms with E-state index in [2.05, 4.69) is 25.9 Å². The average molecular weight is 685 g/mol. The van der Waals surface area contributed by atoms with Gasteiger partial charge in [-0.25, -0.2) is 5.48 Å². The Morgan fingerprint density at radius 2 is 1.23 bits per heavy atom. The van der Waals surface area contributed by atoms with Crippen molar-refractivity contribution in [3.63, 3.8) is 0 Å². The molecule has 6 N–H and O–H groups in total. The van der Waals surface area contributed by atoms with Crippen LogP contribution in [0.25, 0.3) is 21.5 Å². The summed E-state index contributed by atoms with van der Waals surface area (Å²) in [5, 5.41) is 28.5. The minimum atomic E-state index is -4.78. The van der Waals surface area contributed by atoms with Gasteiger partial charge in [0.15, 0.2) is 11.5 Å². The molecule has 0 saturated heterocycles. The maximum absolute atomic E-state index is 12.1. The van der Waals surface area contributed by atoms with E-state index in [0.29, 0.717) is 28.2 Å². The summed E-state index contributed by atoms with van der Waals surface area (Å²) in [5.41, 5.74) is 10.4. The first-order valence-corrected chi connectivity index (χ1v) is 16.7. The van der Waals surface area contributed by atoms with E-state index in [9.17, 15) is 31.0 Å². The van der Waals surface area contributed by atoms with Gasteiger partial charge < -0.3 is 15.7 Å². The zero-order valence-corrected chi connectivity index (χ0v) is 26.1. The van der Waals surface area contributed by atoms with Crippen LogP contribution in [0.1, 0.15) is 0 Å². The molecular weight excluding hydrogens is 661 g/mol. The number of rotatable bonds is 9. The Hall–Kier alpha value is -5.94. The van der Waals surface area contributed by atoms with Crippen molar-refractivity contribution in [1.29, 1.82) is 0 Å². The van der Waals surface area contributed by atoms with E-state index in [1.54, 1.807) is 66.7 Å². The number of anilines is 2. The molecule has 6 rings (SSSR count). The van der Waals surface area contributed by atoms with E-state index in [-0.39, 0.29) is 33.6 Å². The smallest absolute Gasteiger partial charge is 0.296 e. The molecule has 0 radical (unpaired) electrons. The monoisotopic (exact) mass is 684 g/mol. The largest absolute Gasteiger partial charge is 0.505 e.